The van der Waals surface area contributed by atoms with Crippen molar-refractivity contribution in [1.82, 2.24) is 24.9 Å². The molecule has 290 valence electrons. The molecule has 55 heavy (non-hydrogen) atoms. The lowest BCUT2D eigenvalue weighted by molar-refractivity contribution is -0.168. The Labute approximate surface area is 325 Å². The molecule has 4 fully saturated rings. The van der Waals surface area contributed by atoms with Gasteiger partial charge in [-0.1, -0.05) is 104 Å². The molecule has 0 unspecified atom stereocenters. The fourth-order valence-corrected chi connectivity index (χ4v) is 9.94. The van der Waals surface area contributed by atoms with Gasteiger partial charge in [0.1, 0.15) is 18.7 Å². The fraction of sp³-hybridized carbons (Fsp3) is 0.511. The SMILES string of the molecule is O=C(N[C@@H]1CCCc2ccccc21)[C@H](CCC(=O)N1CCN(C2CCCCC2)CC1)N1C(=O)[C@@H](N2C(=O)OC[C@@H]2c2ccccc2)[C@H]1CCc1ccccc1. The van der Waals surface area contributed by atoms with Gasteiger partial charge < -0.3 is 19.9 Å². The maximum Gasteiger partial charge on any atom is 0.411 e. The van der Waals surface area contributed by atoms with Gasteiger partial charge in [0.2, 0.25) is 17.7 Å². The highest BCUT2D eigenvalue weighted by atomic mass is 16.6. The van der Waals surface area contributed by atoms with Crippen molar-refractivity contribution in [3.63, 3.8) is 0 Å². The third-order valence-electron chi connectivity index (χ3n) is 12.9. The second-order valence-corrected chi connectivity index (χ2v) is 16.1. The number of nitrogens with one attached hydrogen (secondary N) is 1. The summed E-state index contributed by atoms with van der Waals surface area (Å²) >= 11 is 0. The molecule has 0 radical (unpaired) electrons. The van der Waals surface area contributed by atoms with E-state index in [-0.39, 0.29) is 43.2 Å². The third-order valence-corrected chi connectivity index (χ3v) is 12.9. The van der Waals surface area contributed by atoms with Crippen LogP contribution in [0.15, 0.2) is 84.9 Å². The van der Waals surface area contributed by atoms with E-state index in [0.29, 0.717) is 32.0 Å². The summed E-state index contributed by atoms with van der Waals surface area (Å²) in [5.41, 5.74) is 4.37. The Kier molecular flexibility index (Phi) is 11.5. The van der Waals surface area contributed by atoms with Crippen molar-refractivity contribution >= 4 is 23.8 Å². The molecule has 0 aromatic heterocycles. The number of cyclic esters (lactones) is 1. The molecule has 1 N–H and O–H groups in total. The van der Waals surface area contributed by atoms with Crippen molar-refractivity contribution in [1.29, 1.82) is 0 Å². The van der Waals surface area contributed by atoms with Gasteiger partial charge in [0.05, 0.1) is 18.1 Å². The molecular formula is C45H55N5O5. The summed E-state index contributed by atoms with van der Waals surface area (Å²) in [7, 11) is 0. The number of hydrogen-bond donors (Lipinski definition) is 1. The molecular weight excluding hydrogens is 691 g/mol. The maximum atomic E-state index is 14.7. The molecule has 0 spiro atoms. The summed E-state index contributed by atoms with van der Waals surface area (Å²) in [5.74, 6) is -0.478. The van der Waals surface area contributed by atoms with E-state index in [4.69, 9.17) is 4.74 Å². The topological polar surface area (TPSA) is 103 Å². The number of piperazine rings is 1. The second-order valence-electron chi connectivity index (χ2n) is 16.1. The first-order valence-electron chi connectivity index (χ1n) is 20.7. The normalized spacial score (nSPS) is 25.2. The first-order chi connectivity index (χ1) is 27.0. The van der Waals surface area contributed by atoms with Crippen LogP contribution in [-0.4, -0.2) is 100 Å². The number of amides is 4. The van der Waals surface area contributed by atoms with Crippen LogP contribution in [0.25, 0.3) is 0 Å². The van der Waals surface area contributed by atoms with Gasteiger partial charge in [0, 0.05) is 38.6 Å². The summed E-state index contributed by atoms with van der Waals surface area (Å²) in [6, 6.07) is 26.0. The largest absolute Gasteiger partial charge is 0.447 e. The molecule has 5 atom stereocenters. The molecule has 3 aromatic carbocycles. The van der Waals surface area contributed by atoms with Crippen molar-refractivity contribution in [2.75, 3.05) is 32.8 Å². The molecule has 10 heteroatoms. The molecule has 3 heterocycles. The minimum atomic E-state index is -0.861. The minimum Gasteiger partial charge on any atom is -0.447 e. The first-order valence-corrected chi connectivity index (χ1v) is 20.7. The standard InChI is InChI=1S/C45H55N5O5/c51-41(48-29-27-47(28-30-48)35-19-8-3-9-20-35)26-25-39(43(52)46-37-22-12-18-33-15-10-11-21-36(33)37)49-38(24-23-32-13-4-1-5-14-32)42(44(49)53)50-40(31-55-45(50)54)34-16-6-2-7-17-34/h1-2,4-7,10-11,13-17,21,35,37-40,42H,3,8-9,12,18-20,22-31H2,(H,46,52)/t37-,38-,39+,40-,42+/m1/s1. The van der Waals surface area contributed by atoms with Crippen molar-refractivity contribution in [2.24, 2.45) is 0 Å². The van der Waals surface area contributed by atoms with Crippen LogP contribution in [-0.2, 0) is 32.0 Å². The van der Waals surface area contributed by atoms with Gasteiger partial charge in [-0.25, -0.2) is 4.79 Å². The maximum absolute atomic E-state index is 14.7. The lowest BCUT2D eigenvalue weighted by Gasteiger charge is -2.53. The molecule has 5 aliphatic rings. The molecule has 2 aliphatic carbocycles. The van der Waals surface area contributed by atoms with Crippen molar-refractivity contribution in [3.8, 4) is 0 Å². The molecule has 3 aromatic rings. The van der Waals surface area contributed by atoms with E-state index in [1.807, 2.05) is 65.6 Å². The quantitative estimate of drug-likeness (QED) is 0.221. The van der Waals surface area contributed by atoms with Gasteiger partial charge in [-0.15, -0.1) is 0 Å². The average Bonchev–Trinajstić information content (AvgIpc) is 3.61. The van der Waals surface area contributed by atoms with E-state index < -0.39 is 30.3 Å². The number of nitrogens with zero attached hydrogens (tertiary/aromatic N) is 4. The van der Waals surface area contributed by atoms with Crippen LogP contribution in [0.5, 0.6) is 0 Å². The van der Waals surface area contributed by atoms with E-state index in [9.17, 15) is 19.2 Å². The average molecular weight is 746 g/mol. The Morgan fingerprint density at radius 3 is 2.27 bits per heavy atom. The van der Waals surface area contributed by atoms with Crippen molar-refractivity contribution < 1.29 is 23.9 Å². The van der Waals surface area contributed by atoms with Crippen LogP contribution in [0.4, 0.5) is 4.79 Å². The monoisotopic (exact) mass is 745 g/mol. The number of ether oxygens (including phenoxy) is 1. The second kappa shape index (κ2) is 17.0. The zero-order valence-electron chi connectivity index (χ0n) is 31.9. The number of β-lactam (4-membered cyclic amide) rings is 1. The zero-order valence-corrected chi connectivity index (χ0v) is 31.9. The van der Waals surface area contributed by atoms with Gasteiger partial charge in [-0.3, -0.25) is 24.2 Å². The lowest BCUT2D eigenvalue weighted by atomic mass is 9.84. The number of fused-ring (bicyclic) bond motifs is 1. The lowest BCUT2D eigenvalue weighted by Crippen LogP contribution is -2.75. The van der Waals surface area contributed by atoms with Gasteiger partial charge in [0.15, 0.2) is 0 Å². The van der Waals surface area contributed by atoms with Gasteiger partial charge in [-0.2, -0.15) is 0 Å². The van der Waals surface area contributed by atoms with Gasteiger partial charge >= 0.3 is 6.09 Å². The highest BCUT2D eigenvalue weighted by molar-refractivity contribution is 5.97. The summed E-state index contributed by atoms with van der Waals surface area (Å²) in [5, 5.41) is 3.34. The number of hydrogen-bond acceptors (Lipinski definition) is 6. The van der Waals surface area contributed by atoms with E-state index >= 15 is 0 Å². The molecule has 0 bridgehead atoms. The van der Waals surface area contributed by atoms with E-state index in [1.54, 1.807) is 9.80 Å². The predicted molar refractivity (Wildman–Crippen MR) is 210 cm³/mol. The molecule has 10 nitrogen and oxygen atoms in total. The van der Waals surface area contributed by atoms with Crippen LogP contribution >= 0.6 is 0 Å². The number of aryl methyl sites for hydroxylation is 2. The number of carbonyl (C=O) groups excluding carboxylic acids is 4. The van der Waals surface area contributed by atoms with Gasteiger partial charge in [0.25, 0.3) is 0 Å². The van der Waals surface area contributed by atoms with Crippen molar-refractivity contribution in [3.05, 3.63) is 107 Å². The van der Waals surface area contributed by atoms with Crippen LogP contribution in [0.2, 0.25) is 0 Å². The Morgan fingerprint density at radius 2 is 1.51 bits per heavy atom. The van der Waals surface area contributed by atoms with E-state index in [1.165, 1.54) is 37.7 Å². The van der Waals surface area contributed by atoms with Crippen molar-refractivity contribution in [2.45, 2.75) is 113 Å². The predicted octanol–water partition coefficient (Wildman–Crippen LogP) is 6.21. The number of likely N-dealkylation sites (tertiary alicyclic amines) is 1. The molecule has 1 saturated carbocycles. The fourth-order valence-electron chi connectivity index (χ4n) is 9.94. The summed E-state index contributed by atoms with van der Waals surface area (Å²) in [6.45, 7) is 3.29. The summed E-state index contributed by atoms with van der Waals surface area (Å²) in [6.07, 6.45) is 10.2. The Morgan fingerprint density at radius 1 is 0.800 bits per heavy atom. The van der Waals surface area contributed by atoms with Crippen LogP contribution in [0.1, 0.15) is 98.5 Å². The number of carbonyl (C=O) groups is 4. The molecule has 3 saturated heterocycles. The number of benzene rings is 3. The highest BCUT2D eigenvalue weighted by Gasteiger charge is 2.58. The highest BCUT2D eigenvalue weighted by Crippen LogP contribution is 2.40. The smallest absolute Gasteiger partial charge is 0.411 e. The van der Waals surface area contributed by atoms with E-state index in [2.05, 4.69) is 34.5 Å². The summed E-state index contributed by atoms with van der Waals surface area (Å²) in [4.78, 5) is 64.5. The molecule has 4 amide bonds. The minimum absolute atomic E-state index is 0.0294. The van der Waals surface area contributed by atoms with Crippen LogP contribution in [0.3, 0.4) is 0 Å². The van der Waals surface area contributed by atoms with Gasteiger partial charge in [-0.05, 0) is 73.6 Å². The third kappa shape index (κ3) is 8.02. The zero-order chi connectivity index (χ0) is 37.7. The van der Waals surface area contributed by atoms with E-state index in [0.717, 1.165) is 49.0 Å². The Balaban J connectivity index is 1.04. The Bertz CT molecular complexity index is 1810. The molecule has 3 aliphatic heterocycles. The molecule has 8 rings (SSSR count). The summed E-state index contributed by atoms with van der Waals surface area (Å²) < 4.78 is 5.60. The number of rotatable bonds is 12. The first kappa shape index (κ1) is 37.2. The van der Waals surface area contributed by atoms with Crippen LogP contribution in [0, 0.1) is 0 Å². The Hall–Kier alpha value is -4.70. The van der Waals surface area contributed by atoms with Crippen LogP contribution < -0.4 is 5.32 Å².